The number of carbonyl (C=O) groups excluding carboxylic acids is 1. The molecule has 0 saturated carbocycles. The highest BCUT2D eigenvalue weighted by Gasteiger charge is 2.13. The van der Waals surface area contributed by atoms with Crippen LogP contribution in [0.1, 0.15) is 10.4 Å². The van der Waals surface area contributed by atoms with E-state index in [9.17, 15) is 18.5 Å². The SMILES string of the molecule is N#CC(=CNC(=S)Nc1ccc(S(N)(=O)=O)cc1)C(=O)c1ccc2ccccc2c1. The van der Waals surface area contributed by atoms with Crippen molar-refractivity contribution in [3.05, 3.63) is 84.1 Å². The van der Waals surface area contributed by atoms with Crippen LogP contribution in [0.15, 0.2) is 83.4 Å². The zero-order chi connectivity index (χ0) is 21.7. The van der Waals surface area contributed by atoms with Crippen molar-refractivity contribution in [1.29, 1.82) is 5.26 Å². The number of carbonyl (C=O) groups is 1. The van der Waals surface area contributed by atoms with Gasteiger partial charge < -0.3 is 10.6 Å². The number of thiocarbonyl (C=S) groups is 1. The number of benzene rings is 3. The predicted molar refractivity (Wildman–Crippen MR) is 119 cm³/mol. The largest absolute Gasteiger partial charge is 0.338 e. The molecular formula is C21H16N4O3S2. The summed E-state index contributed by atoms with van der Waals surface area (Å²) in [5.41, 5.74) is 0.785. The first kappa shape index (κ1) is 21.1. The predicted octanol–water partition coefficient (Wildman–Crippen LogP) is 3.06. The van der Waals surface area contributed by atoms with Crippen molar-refractivity contribution in [2.45, 2.75) is 4.90 Å². The molecule has 0 aliphatic heterocycles. The molecule has 0 aliphatic rings. The van der Waals surface area contributed by atoms with E-state index in [0.29, 0.717) is 11.3 Å². The Morgan fingerprint density at radius 2 is 1.70 bits per heavy atom. The lowest BCUT2D eigenvalue weighted by atomic mass is 10.0. The molecule has 0 fully saturated rings. The van der Waals surface area contributed by atoms with Crippen LogP contribution in [0.25, 0.3) is 10.8 Å². The van der Waals surface area contributed by atoms with Crippen LogP contribution in [0.4, 0.5) is 5.69 Å². The van der Waals surface area contributed by atoms with E-state index in [2.05, 4.69) is 10.6 Å². The summed E-state index contributed by atoms with van der Waals surface area (Å²) < 4.78 is 22.6. The molecule has 0 heterocycles. The van der Waals surface area contributed by atoms with Gasteiger partial charge in [0.1, 0.15) is 11.6 Å². The molecule has 0 aliphatic carbocycles. The van der Waals surface area contributed by atoms with E-state index in [0.717, 1.165) is 10.8 Å². The Bertz CT molecular complexity index is 1310. The zero-order valence-electron chi connectivity index (χ0n) is 15.5. The maximum atomic E-state index is 12.7. The second kappa shape index (κ2) is 8.84. The van der Waals surface area contributed by atoms with Crippen molar-refractivity contribution < 1.29 is 13.2 Å². The summed E-state index contributed by atoms with van der Waals surface area (Å²) in [6, 6.07) is 20.3. The summed E-state index contributed by atoms with van der Waals surface area (Å²) in [5.74, 6) is -0.434. The minimum Gasteiger partial charge on any atom is -0.338 e. The third-order valence-corrected chi connectivity index (χ3v) is 5.31. The van der Waals surface area contributed by atoms with Gasteiger partial charge >= 0.3 is 0 Å². The Labute approximate surface area is 178 Å². The fourth-order valence-corrected chi connectivity index (χ4v) is 3.36. The molecule has 0 spiro atoms. The molecule has 150 valence electrons. The van der Waals surface area contributed by atoms with E-state index < -0.39 is 15.8 Å². The van der Waals surface area contributed by atoms with E-state index in [1.165, 1.54) is 30.5 Å². The maximum absolute atomic E-state index is 12.7. The summed E-state index contributed by atoms with van der Waals surface area (Å²) >= 11 is 5.14. The molecule has 0 atom stereocenters. The van der Waals surface area contributed by atoms with Crippen LogP contribution >= 0.6 is 12.2 Å². The Morgan fingerprint density at radius 3 is 2.33 bits per heavy atom. The molecule has 0 bridgehead atoms. The number of hydrogen-bond donors (Lipinski definition) is 3. The Hall–Kier alpha value is -3.58. The number of anilines is 1. The van der Waals surface area contributed by atoms with Gasteiger partial charge in [-0.2, -0.15) is 5.26 Å². The molecule has 3 rings (SSSR count). The number of sulfonamides is 1. The van der Waals surface area contributed by atoms with Crippen LogP contribution in [0.5, 0.6) is 0 Å². The number of ketones is 1. The smallest absolute Gasteiger partial charge is 0.238 e. The molecule has 30 heavy (non-hydrogen) atoms. The average Bonchev–Trinajstić information content (AvgIpc) is 2.73. The summed E-state index contributed by atoms with van der Waals surface area (Å²) in [6.07, 6.45) is 1.23. The van der Waals surface area contributed by atoms with Crippen molar-refractivity contribution in [2.75, 3.05) is 5.32 Å². The topological polar surface area (TPSA) is 125 Å². The second-order valence-electron chi connectivity index (χ2n) is 6.23. The standard InChI is InChI=1S/C21H16N4O3S2/c22-12-17(20(26)16-6-5-14-3-1-2-4-15(14)11-16)13-24-21(29)25-18-7-9-19(10-8-18)30(23,27)28/h1-11,13H,(H2,23,27,28)(H2,24,25,29). The molecule has 9 heteroatoms. The van der Waals surface area contributed by atoms with Gasteiger partial charge in [0, 0.05) is 17.5 Å². The lowest BCUT2D eigenvalue weighted by Crippen LogP contribution is -2.24. The highest BCUT2D eigenvalue weighted by Crippen LogP contribution is 2.18. The van der Waals surface area contributed by atoms with Crippen molar-refractivity contribution in [3.63, 3.8) is 0 Å². The van der Waals surface area contributed by atoms with Crippen molar-refractivity contribution in [1.82, 2.24) is 5.32 Å². The average molecular weight is 437 g/mol. The number of fused-ring (bicyclic) bond motifs is 1. The lowest BCUT2D eigenvalue weighted by molar-refractivity contribution is 0.103. The van der Waals surface area contributed by atoms with E-state index >= 15 is 0 Å². The van der Waals surface area contributed by atoms with Gasteiger partial charge in [-0.15, -0.1) is 0 Å². The third-order valence-electron chi connectivity index (χ3n) is 4.17. The fourth-order valence-electron chi connectivity index (χ4n) is 2.67. The van der Waals surface area contributed by atoms with E-state index in [1.807, 2.05) is 36.4 Å². The van der Waals surface area contributed by atoms with Crippen LogP contribution in [-0.2, 0) is 10.0 Å². The number of nitrogens with one attached hydrogen (secondary N) is 2. The van der Waals surface area contributed by atoms with E-state index in [-0.39, 0.29) is 15.6 Å². The highest BCUT2D eigenvalue weighted by molar-refractivity contribution is 7.89. The van der Waals surface area contributed by atoms with Crippen LogP contribution in [0.3, 0.4) is 0 Å². The van der Waals surface area contributed by atoms with Gasteiger partial charge in [-0.3, -0.25) is 4.79 Å². The normalized spacial score (nSPS) is 11.5. The molecular weight excluding hydrogens is 420 g/mol. The number of primary sulfonamides is 1. The molecule has 0 aromatic heterocycles. The number of nitrogens with zero attached hydrogens (tertiary/aromatic N) is 1. The van der Waals surface area contributed by atoms with Crippen LogP contribution in [0, 0.1) is 11.3 Å². The van der Waals surface area contributed by atoms with Crippen molar-refractivity contribution in [3.8, 4) is 6.07 Å². The molecule has 7 nitrogen and oxygen atoms in total. The molecule has 3 aromatic rings. The van der Waals surface area contributed by atoms with Gasteiger partial charge in [-0.25, -0.2) is 13.6 Å². The number of rotatable bonds is 5. The van der Waals surface area contributed by atoms with Gasteiger partial charge in [0.25, 0.3) is 0 Å². The molecule has 0 saturated heterocycles. The maximum Gasteiger partial charge on any atom is 0.238 e. The van der Waals surface area contributed by atoms with E-state index in [1.54, 1.807) is 12.1 Å². The number of nitrogens with two attached hydrogens (primary N) is 1. The summed E-state index contributed by atoms with van der Waals surface area (Å²) in [7, 11) is -3.78. The number of Topliss-reactive ketones (excluding diaryl/α,β-unsaturated/α-hetero) is 1. The first-order valence-corrected chi connectivity index (χ1v) is 10.6. The molecule has 0 radical (unpaired) electrons. The van der Waals surface area contributed by atoms with Crippen molar-refractivity contribution >= 4 is 49.6 Å². The van der Waals surface area contributed by atoms with Gasteiger partial charge in [-0.05, 0) is 53.3 Å². The van der Waals surface area contributed by atoms with Gasteiger partial charge in [0.2, 0.25) is 15.8 Å². The minimum atomic E-state index is -3.78. The molecule has 0 unspecified atom stereocenters. The summed E-state index contributed by atoms with van der Waals surface area (Å²) in [5, 5.41) is 21.9. The summed E-state index contributed by atoms with van der Waals surface area (Å²) in [6.45, 7) is 0. The number of nitriles is 1. The number of allylic oxidation sites excluding steroid dienone is 1. The first-order valence-electron chi connectivity index (χ1n) is 8.62. The van der Waals surface area contributed by atoms with Crippen LogP contribution < -0.4 is 15.8 Å². The van der Waals surface area contributed by atoms with Gasteiger partial charge in [-0.1, -0.05) is 36.4 Å². The minimum absolute atomic E-state index is 0.0282. The Balaban J connectivity index is 1.70. The Morgan fingerprint density at radius 1 is 1.03 bits per heavy atom. The first-order chi connectivity index (χ1) is 14.3. The third kappa shape index (κ3) is 5.07. The summed E-state index contributed by atoms with van der Waals surface area (Å²) in [4.78, 5) is 12.6. The van der Waals surface area contributed by atoms with Crippen LogP contribution in [0.2, 0.25) is 0 Å². The monoisotopic (exact) mass is 436 g/mol. The molecule has 3 aromatic carbocycles. The van der Waals surface area contributed by atoms with Gasteiger partial charge in [0.15, 0.2) is 5.11 Å². The molecule has 0 amide bonds. The number of hydrogen-bond acceptors (Lipinski definition) is 5. The molecule has 4 N–H and O–H groups in total. The van der Waals surface area contributed by atoms with Crippen LogP contribution in [-0.4, -0.2) is 19.3 Å². The second-order valence-corrected chi connectivity index (χ2v) is 8.20. The van der Waals surface area contributed by atoms with Gasteiger partial charge in [0.05, 0.1) is 4.90 Å². The fraction of sp³-hybridized carbons (Fsp3) is 0. The van der Waals surface area contributed by atoms with E-state index in [4.69, 9.17) is 17.4 Å². The lowest BCUT2D eigenvalue weighted by Gasteiger charge is -2.09. The Kier molecular flexibility index (Phi) is 6.23. The highest BCUT2D eigenvalue weighted by atomic mass is 32.2. The quantitative estimate of drug-likeness (QED) is 0.243. The van der Waals surface area contributed by atoms with Crippen molar-refractivity contribution in [2.24, 2.45) is 5.14 Å². The zero-order valence-corrected chi connectivity index (χ0v) is 17.1.